The predicted octanol–water partition coefficient (Wildman–Crippen LogP) is 0.775. The van der Waals surface area contributed by atoms with Crippen molar-refractivity contribution in [2.24, 2.45) is 5.14 Å². The lowest BCUT2D eigenvalue weighted by molar-refractivity contribution is 0.596. The largest absolute Gasteiger partial charge is 0.264 e. The van der Waals surface area contributed by atoms with Gasteiger partial charge >= 0.3 is 0 Å². The maximum absolute atomic E-state index is 12.6. The number of rotatable bonds is 6. The molecule has 0 aliphatic carbocycles. The molecule has 11 heteroatoms. The molecule has 0 atom stereocenters. The highest BCUT2D eigenvalue weighted by Gasteiger charge is 2.19. The standard InChI is InChI=1S/C15H15N5O4S2/c16-25(21,22)13-5-3-6-14(10-13)26(23,24)19-15-7-9-18-20(15)11-12-4-1-2-8-17-12/h1-10,19H,11H2,(H2,16,21,22). The Morgan fingerprint density at radius 1 is 0.962 bits per heavy atom. The molecule has 3 N–H and O–H groups in total. The molecule has 136 valence electrons. The van der Waals surface area contributed by atoms with Gasteiger partial charge in [0.2, 0.25) is 10.0 Å². The van der Waals surface area contributed by atoms with Crippen LogP contribution in [0.25, 0.3) is 0 Å². The van der Waals surface area contributed by atoms with Crippen molar-refractivity contribution in [2.75, 3.05) is 4.72 Å². The average Bonchev–Trinajstić information content (AvgIpc) is 3.01. The first kappa shape index (κ1) is 18.0. The molecule has 3 rings (SSSR count). The van der Waals surface area contributed by atoms with E-state index in [0.29, 0.717) is 5.69 Å². The Morgan fingerprint density at radius 2 is 1.73 bits per heavy atom. The van der Waals surface area contributed by atoms with Crippen LogP contribution in [0, 0.1) is 0 Å². The molecule has 0 saturated carbocycles. The van der Waals surface area contributed by atoms with Crippen LogP contribution in [0.2, 0.25) is 0 Å². The van der Waals surface area contributed by atoms with Gasteiger partial charge in [0.05, 0.1) is 28.2 Å². The van der Waals surface area contributed by atoms with Crippen LogP contribution in [0.4, 0.5) is 5.82 Å². The van der Waals surface area contributed by atoms with Crippen LogP contribution in [-0.4, -0.2) is 31.6 Å². The van der Waals surface area contributed by atoms with Crippen molar-refractivity contribution in [3.63, 3.8) is 0 Å². The van der Waals surface area contributed by atoms with Crippen LogP contribution in [0.1, 0.15) is 5.69 Å². The molecular formula is C15H15N5O4S2. The third-order valence-electron chi connectivity index (χ3n) is 3.44. The first-order valence-electron chi connectivity index (χ1n) is 7.33. The number of hydrogen-bond acceptors (Lipinski definition) is 6. The summed E-state index contributed by atoms with van der Waals surface area (Å²) in [5, 5.41) is 9.13. The summed E-state index contributed by atoms with van der Waals surface area (Å²) < 4.78 is 51.8. The molecule has 3 aromatic rings. The summed E-state index contributed by atoms with van der Waals surface area (Å²) in [6.45, 7) is 0.267. The highest BCUT2D eigenvalue weighted by Crippen LogP contribution is 2.19. The Balaban J connectivity index is 1.89. The van der Waals surface area contributed by atoms with Gasteiger partial charge in [-0.15, -0.1) is 0 Å². The average molecular weight is 393 g/mol. The highest BCUT2D eigenvalue weighted by atomic mass is 32.2. The summed E-state index contributed by atoms with van der Waals surface area (Å²) in [6.07, 6.45) is 3.07. The number of anilines is 1. The van der Waals surface area contributed by atoms with Crippen molar-refractivity contribution >= 4 is 25.9 Å². The number of primary sulfonamides is 1. The van der Waals surface area contributed by atoms with E-state index in [1.165, 1.54) is 35.1 Å². The zero-order chi connectivity index (χ0) is 18.8. The van der Waals surface area contributed by atoms with Gasteiger partial charge in [-0.1, -0.05) is 12.1 Å². The smallest absolute Gasteiger partial charge is 0.263 e. The van der Waals surface area contributed by atoms with Gasteiger partial charge in [-0.25, -0.2) is 26.7 Å². The second kappa shape index (κ2) is 6.86. The van der Waals surface area contributed by atoms with E-state index in [9.17, 15) is 16.8 Å². The summed E-state index contributed by atoms with van der Waals surface area (Å²) >= 11 is 0. The first-order valence-corrected chi connectivity index (χ1v) is 10.4. The van der Waals surface area contributed by atoms with Gasteiger partial charge in [-0.05, 0) is 30.3 Å². The van der Waals surface area contributed by atoms with Gasteiger partial charge in [-0.3, -0.25) is 9.71 Å². The van der Waals surface area contributed by atoms with Crippen molar-refractivity contribution in [2.45, 2.75) is 16.3 Å². The van der Waals surface area contributed by atoms with Crippen LogP contribution in [-0.2, 0) is 26.6 Å². The summed E-state index contributed by atoms with van der Waals surface area (Å²) in [5.74, 6) is 0.219. The summed E-state index contributed by atoms with van der Waals surface area (Å²) in [4.78, 5) is 3.65. The Hall–Kier alpha value is -2.76. The van der Waals surface area contributed by atoms with Gasteiger partial charge < -0.3 is 0 Å². The van der Waals surface area contributed by atoms with Crippen molar-refractivity contribution in [3.05, 3.63) is 66.6 Å². The number of pyridine rings is 1. The van der Waals surface area contributed by atoms with E-state index in [2.05, 4.69) is 14.8 Å². The Morgan fingerprint density at radius 3 is 2.42 bits per heavy atom. The number of nitrogens with zero attached hydrogens (tertiary/aromatic N) is 3. The molecule has 0 fully saturated rings. The second-order valence-corrected chi connectivity index (χ2v) is 8.56. The summed E-state index contributed by atoms with van der Waals surface area (Å²) in [7, 11) is -8.05. The summed E-state index contributed by atoms with van der Waals surface area (Å²) in [5.41, 5.74) is 0.702. The van der Waals surface area contributed by atoms with Gasteiger partial charge in [-0.2, -0.15) is 5.10 Å². The van der Waals surface area contributed by atoms with Gasteiger partial charge in [0.15, 0.2) is 0 Å². The van der Waals surface area contributed by atoms with E-state index in [1.807, 2.05) is 6.07 Å². The zero-order valence-electron chi connectivity index (χ0n) is 13.3. The van der Waals surface area contributed by atoms with E-state index in [4.69, 9.17) is 5.14 Å². The normalized spacial score (nSPS) is 12.0. The SMILES string of the molecule is NS(=O)(=O)c1cccc(S(=O)(=O)Nc2ccnn2Cc2ccccn2)c1. The fraction of sp³-hybridized carbons (Fsp3) is 0.0667. The molecule has 26 heavy (non-hydrogen) atoms. The molecule has 0 unspecified atom stereocenters. The maximum atomic E-state index is 12.6. The number of nitrogens with one attached hydrogen (secondary N) is 1. The number of aromatic nitrogens is 3. The van der Waals surface area contributed by atoms with Crippen molar-refractivity contribution in [3.8, 4) is 0 Å². The Kier molecular flexibility index (Phi) is 4.76. The molecule has 1 aromatic carbocycles. The summed E-state index contributed by atoms with van der Waals surface area (Å²) in [6, 6.07) is 11.7. The van der Waals surface area contributed by atoms with Crippen LogP contribution in [0.3, 0.4) is 0 Å². The van der Waals surface area contributed by atoms with Gasteiger partial charge in [0.25, 0.3) is 10.0 Å². The fourth-order valence-electron chi connectivity index (χ4n) is 2.21. The number of nitrogens with two attached hydrogens (primary N) is 1. The number of benzene rings is 1. The van der Waals surface area contributed by atoms with Crippen molar-refractivity contribution < 1.29 is 16.8 Å². The predicted molar refractivity (Wildman–Crippen MR) is 94.2 cm³/mol. The lowest BCUT2D eigenvalue weighted by atomic mass is 10.3. The molecule has 0 radical (unpaired) electrons. The molecule has 0 amide bonds. The topological polar surface area (TPSA) is 137 Å². The van der Waals surface area contributed by atoms with Crippen molar-refractivity contribution in [1.82, 2.24) is 14.8 Å². The molecule has 0 spiro atoms. The number of sulfonamides is 2. The van der Waals surface area contributed by atoms with E-state index in [1.54, 1.807) is 18.3 Å². The minimum atomic E-state index is -4.03. The van der Waals surface area contributed by atoms with Crippen LogP contribution in [0.15, 0.2) is 70.7 Å². The monoisotopic (exact) mass is 393 g/mol. The van der Waals surface area contributed by atoms with E-state index >= 15 is 0 Å². The molecule has 2 aromatic heterocycles. The third kappa shape index (κ3) is 4.07. The fourth-order valence-corrected chi connectivity index (χ4v) is 3.95. The van der Waals surface area contributed by atoms with Gasteiger partial charge in [0.1, 0.15) is 5.82 Å². The van der Waals surface area contributed by atoms with Gasteiger partial charge in [0, 0.05) is 12.3 Å². The minimum Gasteiger partial charge on any atom is -0.264 e. The molecule has 2 heterocycles. The van der Waals surface area contributed by atoms with Crippen LogP contribution in [0.5, 0.6) is 0 Å². The highest BCUT2D eigenvalue weighted by molar-refractivity contribution is 7.92. The lowest BCUT2D eigenvalue weighted by Gasteiger charge is -2.11. The molecule has 9 nitrogen and oxygen atoms in total. The molecule has 0 saturated heterocycles. The number of hydrogen-bond donors (Lipinski definition) is 2. The lowest BCUT2D eigenvalue weighted by Crippen LogP contribution is -2.18. The minimum absolute atomic E-state index is 0.219. The zero-order valence-corrected chi connectivity index (χ0v) is 15.0. The Bertz CT molecular complexity index is 1130. The maximum Gasteiger partial charge on any atom is 0.263 e. The third-order valence-corrected chi connectivity index (χ3v) is 5.70. The van der Waals surface area contributed by atoms with Crippen LogP contribution >= 0.6 is 0 Å². The van der Waals surface area contributed by atoms with Crippen LogP contribution < -0.4 is 9.86 Å². The molecule has 0 aliphatic heterocycles. The Labute approximate surface area is 150 Å². The quantitative estimate of drug-likeness (QED) is 0.635. The molecular weight excluding hydrogens is 378 g/mol. The molecule has 0 bridgehead atoms. The van der Waals surface area contributed by atoms with E-state index in [-0.39, 0.29) is 22.2 Å². The van der Waals surface area contributed by atoms with E-state index < -0.39 is 20.0 Å². The second-order valence-electron chi connectivity index (χ2n) is 5.32. The first-order chi connectivity index (χ1) is 12.3. The molecule has 0 aliphatic rings. The van der Waals surface area contributed by atoms with Crippen molar-refractivity contribution in [1.29, 1.82) is 0 Å². The van der Waals surface area contributed by atoms with E-state index in [0.717, 1.165) is 6.07 Å².